The van der Waals surface area contributed by atoms with Crippen LogP contribution in [0.15, 0.2) is 34.5 Å². The summed E-state index contributed by atoms with van der Waals surface area (Å²) in [6, 6.07) is 6.08. The van der Waals surface area contributed by atoms with Gasteiger partial charge in [0, 0.05) is 5.38 Å². The van der Waals surface area contributed by atoms with Crippen molar-refractivity contribution in [1.29, 1.82) is 5.26 Å². The molecule has 0 radical (unpaired) electrons. The third-order valence-electron chi connectivity index (χ3n) is 2.47. The Morgan fingerprint density at radius 2 is 2.14 bits per heavy atom. The van der Waals surface area contributed by atoms with Crippen LogP contribution in [-0.2, 0) is 10.0 Å². The van der Waals surface area contributed by atoms with Gasteiger partial charge in [-0.1, -0.05) is 6.07 Å². The van der Waals surface area contributed by atoms with Gasteiger partial charge < -0.3 is 5.11 Å². The van der Waals surface area contributed by atoms with Crippen molar-refractivity contribution >= 4 is 33.0 Å². The van der Waals surface area contributed by atoms with Crippen molar-refractivity contribution in [2.75, 3.05) is 4.72 Å². The number of thiophene rings is 1. The molecule has 2 rings (SSSR count). The van der Waals surface area contributed by atoms with E-state index in [1.54, 1.807) is 6.07 Å². The second kappa shape index (κ2) is 5.51. The summed E-state index contributed by atoms with van der Waals surface area (Å²) in [6.45, 7) is 0. The van der Waals surface area contributed by atoms with Gasteiger partial charge in [0.2, 0.25) is 0 Å². The first-order valence-corrected chi connectivity index (χ1v) is 7.74. The molecule has 9 heteroatoms. The fourth-order valence-electron chi connectivity index (χ4n) is 1.50. The van der Waals surface area contributed by atoms with Crippen LogP contribution in [0.3, 0.4) is 0 Å². The van der Waals surface area contributed by atoms with Gasteiger partial charge in [-0.25, -0.2) is 17.6 Å². The molecule has 0 aliphatic heterocycles. The third kappa shape index (κ3) is 3.01. The largest absolute Gasteiger partial charge is 0.477 e. The van der Waals surface area contributed by atoms with Gasteiger partial charge in [0.05, 0.1) is 10.6 Å². The zero-order valence-corrected chi connectivity index (χ0v) is 11.8. The Labute approximate surface area is 123 Å². The number of nitrogens with zero attached hydrogens (tertiary/aromatic N) is 1. The number of hydrogen-bond acceptors (Lipinski definition) is 5. The molecule has 0 amide bonds. The molecule has 0 aliphatic rings. The van der Waals surface area contributed by atoms with E-state index in [9.17, 15) is 17.6 Å². The highest BCUT2D eigenvalue weighted by Gasteiger charge is 2.20. The number of rotatable bonds is 4. The van der Waals surface area contributed by atoms with Crippen LogP contribution >= 0.6 is 11.3 Å². The van der Waals surface area contributed by atoms with Crippen LogP contribution in [0, 0.1) is 17.1 Å². The van der Waals surface area contributed by atoms with E-state index in [0.29, 0.717) is 0 Å². The van der Waals surface area contributed by atoms with E-state index >= 15 is 0 Å². The number of carbonyl (C=O) groups is 1. The zero-order valence-electron chi connectivity index (χ0n) is 10.2. The molecule has 108 valence electrons. The van der Waals surface area contributed by atoms with Gasteiger partial charge in [-0.15, -0.1) is 11.3 Å². The van der Waals surface area contributed by atoms with E-state index in [-0.39, 0.29) is 15.5 Å². The molecular formula is C12H7FN2O4S2. The lowest BCUT2D eigenvalue weighted by molar-refractivity contribution is 0.0702. The highest BCUT2D eigenvalue weighted by molar-refractivity contribution is 7.92. The topological polar surface area (TPSA) is 107 Å². The summed E-state index contributed by atoms with van der Waals surface area (Å²) in [6.07, 6.45) is 0. The molecule has 21 heavy (non-hydrogen) atoms. The second-order valence-corrected chi connectivity index (χ2v) is 6.43. The molecule has 6 nitrogen and oxygen atoms in total. The molecule has 2 N–H and O–H groups in total. The van der Waals surface area contributed by atoms with Gasteiger partial charge in [-0.05, 0) is 18.2 Å². The number of nitrogens with one attached hydrogen (secondary N) is 1. The first-order chi connectivity index (χ1) is 9.85. The molecule has 1 aromatic carbocycles. The zero-order chi connectivity index (χ0) is 15.6. The number of hydrogen-bond donors (Lipinski definition) is 2. The van der Waals surface area contributed by atoms with Gasteiger partial charge in [0.15, 0.2) is 0 Å². The average molecular weight is 326 g/mol. The van der Waals surface area contributed by atoms with Crippen molar-refractivity contribution in [2.24, 2.45) is 0 Å². The fourth-order valence-corrected chi connectivity index (χ4v) is 3.68. The minimum atomic E-state index is -4.10. The molecule has 0 aliphatic carbocycles. The van der Waals surface area contributed by atoms with Crippen LogP contribution < -0.4 is 4.72 Å². The number of sulfonamides is 1. The van der Waals surface area contributed by atoms with Gasteiger partial charge in [0.1, 0.15) is 22.3 Å². The molecule has 0 spiro atoms. The Balaban J connectivity index is 2.40. The number of benzene rings is 1. The SMILES string of the molecule is N#Cc1c(F)cccc1NS(=O)(=O)c1csc(C(=O)O)c1. The lowest BCUT2D eigenvalue weighted by atomic mass is 10.2. The fraction of sp³-hybridized carbons (Fsp3) is 0. The molecule has 1 heterocycles. The number of carboxylic acid groups (broad SMARTS) is 1. The summed E-state index contributed by atoms with van der Waals surface area (Å²) in [7, 11) is -4.10. The Morgan fingerprint density at radius 3 is 2.71 bits per heavy atom. The number of aromatic carboxylic acids is 1. The molecule has 0 saturated carbocycles. The summed E-state index contributed by atoms with van der Waals surface area (Å²) in [4.78, 5) is 10.3. The van der Waals surface area contributed by atoms with Gasteiger partial charge in [0.25, 0.3) is 10.0 Å². The maximum atomic E-state index is 13.4. The molecule has 0 fully saturated rings. The highest BCUT2D eigenvalue weighted by Crippen LogP contribution is 2.24. The lowest BCUT2D eigenvalue weighted by Gasteiger charge is -2.08. The van der Waals surface area contributed by atoms with Crippen molar-refractivity contribution in [3.63, 3.8) is 0 Å². The second-order valence-electron chi connectivity index (χ2n) is 3.83. The third-order valence-corrected chi connectivity index (χ3v) is 4.88. The Hall–Kier alpha value is -2.44. The Morgan fingerprint density at radius 1 is 1.43 bits per heavy atom. The average Bonchev–Trinajstić information content (AvgIpc) is 2.89. The maximum absolute atomic E-state index is 13.4. The first kappa shape index (κ1) is 15.0. The van der Waals surface area contributed by atoms with E-state index in [0.717, 1.165) is 28.8 Å². The molecular weight excluding hydrogens is 319 g/mol. The maximum Gasteiger partial charge on any atom is 0.345 e. The van der Waals surface area contributed by atoms with Gasteiger partial charge >= 0.3 is 5.97 Å². The molecule has 0 saturated heterocycles. The van der Waals surface area contributed by atoms with Crippen molar-refractivity contribution in [1.82, 2.24) is 0 Å². The summed E-state index contributed by atoms with van der Waals surface area (Å²) in [5.74, 6) is -2.10. The Kier molecular flexibility index (Phi) is 3.93. The number of anilines is 1. The van der Waals surface area contributed by atoms with Crippen LogP contribution in [0.25, 0.3) is 0 Å². The Bertz CT molecular complexity index is 852. The van der Waals surface area contributed by atoms with Crippen molar-refractivity contribution in [2.45, 2.75) is 4.90 Å². The number of carboxylic acids is 1. The van der Waals surface area contributed by atoms with E-state index in [2.05, 4.69) is 4.72 Å². The van der Waals surface area contributed by atoms with E-state index in [1.807, 2.05) is 0 Å². The van der Waals surface area contributed by atoms with Crippen LogP contribution in [0.1, 0.15) is 15.2 Å². The van der Waals surface area contributed by atoms with E-state index < -0.39 is 27.4 Å². The number of halogens is 1. The molecule has 1 aromatic heterocycles. The van der Waals surface area contributed by atoms with E-state index in [1.165, 1.54) is 12.1 Å². The van der Waals surface area contributed by atoms with Crippen molar-refractivity contribution in [3.8, 4) is 6.07 Å². The van der Waals surface area contributed by atoms with Gasteiger partial charge in [-0.2, -0.15) is 5.26 Å². The van der Waals surface area contributed by atoms with Crippen LogP contribution in [0.2, 0.25) is 0 Å². The predicted octanol–water partition coefficient (Wildman–Crippen LogP) is 2.26. The minimum Gasteiger partial charge on any atom is -0.477 e. The molecule has 0 unspecified atom stereocenters. The molecule has 0 bridgehead atoms. The highest BCUT2D eigenvalue weighted by atomic mass is 32.2. The number of nitriles is 1. The summed E-state index contributed by atoms with van der Waals surface area (Å²) in [5, 5.41) is 18.8. The van der Waals surface area contributed by atoms with E-state index in [4.69, 9.17) is 10.4 Å². The minimum absolute atomic E-state index is 0.143. The normalized spacial score (nSPS) is 10.9. The lowest BCUT2D eigenvalue weighted by Crippen LogP contribution is -2.13. The van der Waals surface area contributed by atoms with Crippen molar-refractivity contribution < 1.29 is 22.7 Å². The first-order valence-electron chi connectivity index (χ1n) is 5.38. The predicted molar refractivity (Wildman–Crippen MR) is 73.2 cm³/mol. The monoisotopic (exact) mass is 326 g/mol. The summed E-state index contributed by atoms with van der Waals surface area (Å²) < 4.78 is 39.7. The van der Waals surface area contributed by atoms with Crippen LogP contribution in [0.4, 0.5) is 10.1 Å². The van der Waals surface area contributed by atoms with Crippen LogP contribution in [0.5, 0.6) is 0 Å². The quantitative estimate of drug-likeness (QED) is 0.896. The summed E-state index contributed by atoms with van der Waals surface area (Å²) in [5.41, 5.74) is -0.643. The van der Waals surface area contributed by atoms with Crippen molar-refractivity contribution in [3.05, 3.63) is 45.9 Å². The molecule has 2 aromatic rings. The smallest absolute Gasteiger partial charge is 0.345 e. The van der Waals surface area contributed by atoms with Gasteiger partial charge in [-0.3, -0.25) is 4.72 Å². The standard InChI is InChI=1S/C12H7FN2O4S2/c13-9-2-1-3-10(8(9)5-14)15-21(18,19)7-4-11(12(16)17)20-6-7/h1-4,6,15H,(H,16,17). The molecule has 0 atom stereocenters. The summed E-state index contributed by atoms with van der Waals surface area (Å²) >= 11 is 0.750. The van der Waals surface area contributed by atoms with Crippen LogP contribution in [-0.4, -0.2) is 19.5 Å².